The number of rotatable bonds is 5. The molecule has 1 aliphatic rings. The molecule has 0 aliphatic heterocycles. The van der Waals surface area contributed by atoms with Gasteiger partial charge in [-0.2, -0.15) is 5.10 Å². The molecule has 0 saturated heterocycles. The number of benzene rings is 1. The minimum Gasteiger partial charge on any atom is -0.369 e. The lowest BCUT2D eigenvalue weighted by atomic mass is 9.79. The smallest absolute Gasteiger partial charge is 0.321 e. The third kappa shape index (κ3) is 3.42. The standard InChI is InChI=1S/C19H25N5O2/c1-12(2)17-16(11-21-24(17)14-7-5-4-6-8-14)22-19(26)23(3)15-9-13(10-15)18(20)25/h4-8,11-13,15H,9-10H2,1-3H3,(H2,20,25)(H,22,26). The SMILES string of the molecule is CC(C)c1c(NC(=O)N(C)C2CC(C(N)=O)C2)cnn1-c1ccccc1. The normalized spacial score (nSPS) is 19.1. The van der Waals surface area contributed by atoms with Gasteiger partial charge < -0.3 is 16.0 Å². The van der Waals surface area contributed by atoms with E-state index in [1.165, 1.54) is 0 Å². The molecule has 138 valence electrons. The highest BCUT2D eigenvalue weighted by atomic mass is 16.2. The van der Waals surface area contributed by atoms with E-state index in [4.69, 9.17) is 5.73 Å². The van der Waals surface area contributed by atoms with Crippen LogP contribution >= 0.6 is 0 Å². The van der Waals surface area contributed by atoms with Crippen molar-refractivity contribution < 1.29 is 9.59 Å². The Hall–Kier alpha value is -2.83. The number of nitrogens with two attached hydrogens (primary N) is 1. The second-order valence-electron chi connectivity index (χ2n) is 7.11. The van der Waals surface area contributed by atoms with Crippen molar-refractivity contribution in [1.29, 1.82) is 0 Å². The number of nitrogens with one attached hydrogen (secondary N) is 1. The highest BCUT2D eigenvalue weighted by molar-refractivity contribution is 5.90. The number of para-hydroxylation sites is 1. The van der Waals surface area contributed by atoms with Gasteiger partial charge in [-0.05, 0) is 30.9 Å². The van der Waals surface area contributed by atoms with Crippen molar-refractivity contribution in [2.45, 2.75) is 38.6 Å². The molecule has 0 atom stereocenters. The second kappa shape index (κ2) is 7.19. The third-order valence-electron chi connectivity index (χ3n) is 4.98. The Labute approximate surface area is 153 Å². The summed E-state index contributed by atoms with van der Waals surface area (Å²) in [7, 11) is 1.74. The van der Waals surface area contributed by atoms with E-state index >= 15 is 0 Å². The van der Waals surface area contributed by atoms with Crippen LogP contribution in [0.15, 0.2) is 36.5 Å². The number of nitrogens with zero attached hydrogens (tertiary/aromatic N) is 3. The van der Waals surface area contributed by atoms with Crippen LogP contribution in [0.2, 0.25) is 0 Å². The van der Waals surface area contributed by atoms with Crippen LogP contribution in [0.25, 0.3) is 5.69 Å². The average molecular weight is 355 g/mol. The van der Waals surface area contributed by atoms with E-state index in [0.717, 1.165) is 11.4 Å². The average Bonchev–Trinajstić information content (AvgIpc) is 2.97. The van der Waals surface area contributed by atoms with Crippen LogP contribution in [-0.4, -0.2) is 39.7 Å². The van der Waals surface area contributed by atoms with Crippen LogP contribution in [0.4, 0.5) is 10.5 Å². The number of carbonyl (C=O) groups is 2. The van der Waals surface area contributed by atoms with Gasteiger partial charge in [0.15, 0.2) is 0 Å². The zero-order chi connectivity index (χ0) is 18.8. The summed E-state index contributed by atoms with van der Waals surface area (Å²) in [4.78, 5) is 25.4. The van der Waals surface area contributed by atoms with E-state index in [0.29, 0.717) is 18.5 Å². The quantitative estimate of drug-likeness (QED) is 0.863. The van der Waals surface area contributed by atoms with Crippen LogP contribution in [0.3, 0.4) is 0 Å². The third-order valence-corrected chi connectivity index (χ3v) is 4.98. The first-order valence-electron chi connectivity index (χ1n) is 8.85. The second-order valence-corrected chi connectivity index (χ2v) is 7.11. The number of hydrogen-bond donors (Lipinski definition) is 2. The van der Waals surface area contributed by atoms with Gasteiger partial charge in [0.2, 0.25) is 5.91 Å². The molecule has 0 bridgehead atoms. The van der Waals surface area contributed by atoms with E-state index in [1.807, 2.05) is 35.0 Å². The number of primary amides is 1. The van der Waals surface area contributed by atoms with Gasteiger partial charge in [-0.25, -0.2) is 9.48 Å². The lowest BCUT2D eigenvalue weighted by Gasteiger charge is -2.39. The predicted octanol–water partition coefficient (Wildman–Crippen LogP) is 2.72. The molecule has 1 saturated carbocycles. The number of amides is 3. The molecule has 1 heterocycles. The Bertz CT molecular complexity index is 794. The van der Waals surface area contributed by atoms with Crippen molar-refractivity contribution in [3.8, 4) is 5.69 Å². The largest absolute Gasteiger partial charge is 0.369 e. The highest BCUT2D eigenvalue weighted by Gasteiger charge is 2.37. The molecule has 2 aromatic rings. The van der Waals surface area contributed by atoms with Crippen molar-refractivity contribution in [1.82, 2.24) is 14.7 Å². The minimum atomic E-state index is -0.290. The van der Waals surface area contributed by atoms with Crippen LogP contribution in [-0.2, 0) is 4.79 Å². The summed E-state index contributed by atoms with van der Waals surface area (Å²) in [6.07, 6.45) is 2.93. The molecule has 3 amide bonds. The van der Waals surface area contributed by atoms with Gasteiger partial charge in [0, 0.05) is 19.0 Å². The fourth-order valence-corrected chi connectivity index (χ4v) is 3.29. The molecular weight excluding hydrogens is 330 g/mol. The van der Waals surface area contributed by atoms with Gasteiger partial charge in [-0.3, -0.25) is 4.79 Å². The summed E-state index contributed by atoms with van der Waals surface area (Å²) in [5, 5.41) is 7.42. The van der Waals surface area contributed by atoms with Gasteiger partial charge >= 0.3 is 6.03 Å². The van der Waals surface area contributed by atoms with E-state index in [1.54, 1.807) is 18.1 Å². The molecule has 26 heavy (non-hydrogen) atoms. The molecule has 0 unspecified atom stereocenters. The zero-order valence-corrected chi connectivity index (χ0v) is 15.3. The zero-order valence-electron chi connectivity index (χ0n) is 15.3. The van der Waals surface area contributed by atoms with Crippen LogP contribution < -0.4 is 11.1 Å². The van der Waals surface area contributed by atoms with Crippen molar-refractivity contribution >= 4 is 17.6 Å². The van der Waals surface area contributed by atoms with Crippen molar-refractivity contribution in [2.75, 3.05) is 12.4 Å². The molecule has 0 radical (unpaired) electrons. The van der Waals surface area contributed by atoms with E-state index in [9.17, 15) is 9.59 Å². The van der Waals surface area contributed by atoms with Crippen LogP contribution in [0, 0.1) is 5.92 Å². The molecule has 1 fully saturated rings. The topological polar surface area (TPSA) is 93.2 Å². The first-order chi connectivity index (χ1) is 12.4. The predicted molar refractivity (Wildman–Crippen MR) is 100 cm³/mol. The molecule has 3 rings (SSSR count). The van der Waals surface area contributed by atoms with Crippen molar-refractivity contribution in [3.05, 3.63) is 42.2 Å². The Morgan fingerprint density at radius 1 is 1.27 bits per heavy atom. The number of anilines is 1. The van der Waals surface area contributed by atoms with Crippen molar-refractivity contribution in [2.24, 2.45) is 11.7 Å². The maximum Gasteiger partial charge on any atom is 0.321 e. The number of carbonyl (C=O) groups excluding carboxylic acids is 2. The molecule has 1 aromatic heterocycles. The van der Waals surface area contributed by atoms with E-state index < -0.39 is 0 Å². The molecule has 7 heteroatoms. The lowest BCUT2D eigenvalue weighted by Crippen LogP contribution is -2.50. The monoisotopic (exact) mass is 355 g/mol. The summed E-state index contributed by atoms with van der Waals surface area (Å²) >= 11 is 0. The highest BCUT2D eigenvalue weighted by Crippen LogP contribution is 2.32. The molecular formula is C19H25N5O2. The summed E-state index contributed by atoms with van der Waals surface area (Å²) in [6.45, 7) is 4.14. The first kappa shape index (κ1) is 18.0. The Morgan fingerprint density at radius 3 is 2.50 bits per heavy atom. The lowest BCUT2D eigenvalue weighted by molar-refractivity contribution is -0.125. The van der Waals surface area contributed by atoms with Crippen LogP contribution in [0.5, 0.6) is 0 Å². The first-order valence-corrected chi connectivity index (χ1v) is 8.85. The number of aromatic nitrogens is 2. The van der Waals surface area contributed by atoms with Gasteiger partial charge in [0.1, 0.15) is 0 Å². The summed E-state index contributed by atoms with van der Waals surface area (Å²) in [5.41, 5.74) is 7.90. The molecule has 1 aliphatic carbocycles. The van der Waals surface area contributed by atoms with Gasteiger partial charge in [0.25, 0.3) is 0 Å². The minimum absolute atomic E-state index is 0.0409. The van der Waals surface area contributed by atoms with Crippen LogP contribution in [0.1, 0.15) is 38.3 Å². The number of urea groups is 1. The Kier molecular flexibility index (Phi) is 4.97. The van der Waals surface area contributed by atoms with E-state index in [-0.39, 0.29) is 29.8 Å². The Balaban J connectivity index is 1.75. The molecule has 7 nitrogen and oxygen atoms in total. The van der Waals surface area contributed by atoms with Gasteiger partial charge in [-0.1, -0.05) is 32.0 Å². The van der Waals surface area contributed by atoms with Gasteiger partial charge in [0.05, 0.1) is 23.3 Å². The number of hydrogen-bond acceptors (Lipinski definition) is 3. The fourth-order valence-electron chi connectivity index (χ4n) is 3.29. The molecule has 3 N–H and O–H groups in total. The van der Waals surface area contributed by atoms with Gasteiger partial charge in [-0.15, -0.1) is 0 Å². The fraction of sp³-hybridized carbons (Fsp3) is 0.421. The Morgan fingerprint density at radius 2 is 1.92 bits per heavy atom. The maximum absolute atomic E-state index is 12.6. The molecule has 0 spiro atoms. The maximum atomic E-state index is 12.6. The summed E-state index contributed by atoms with van der Waals surface area (Å²) in [6, 6.07) is 9.67. The summed E-state index contributed by atoms with van der Waals surface area (Å²) in [5.74, 6) is -0.232. The summed E-state index contributed by atoms with van der Waals surface area (Å²) < 4.78 is 1.85. The van der Waals surface area contributed by atoms with E-state index in [2.05, 4.69) is 24.3 Å². The van der Waals surface area contributed by atoms with Crippen molar-refractivity contribution in [3.63, 3.8) is 0 Å². The molecule has 1 aromatic carbocycles.